The van der Waals surface area contributed by atoms with Crippen molar-refractivity contribution in [2.75, 3.05) is 6.54 Å². The quantitative estimate of drug-likeness (QED) is 0.534. The number of aryl methyl sites for hydroxylation is 1. The number of carbonyl (C=O) groups excluding carboxylic acids is 1. The lowest BCUT2D eigenvalue weighted by Crippen LogP contribution is -2.61. The Hall–Kier alpha value is -1.83. The maximum absolute atomic E-state index is 13.2. The normalized spacial score (nSPS) is 40.3. The fourth-order valence-electron chi connectivity index (χ4n) is 8.26. The first kappa shape index (κ1) is 20.1. The summed E-state index contributed by atoms with van der Waals surface area (Å²) in [6.07, 6.45) is 13.2. The van der Waals surface area contributed by atoms with Gasteiger partial charge in [0.1, 0.15) is 0 Å². The number of fused-ring (bicyclic) bond motifs is 5. The van der Waals surface area contributed by atoms with Gasteiger partial charge in [-0.3, -0.25) is 4.79 Å². The van der Waals surface area contributed by atoms with E-state index in [1.165, 1.54) is 55.2 Å². The lowest BCUT2D eigenvalue weighted by molar-refractivity contribution is -0.138. The highest BCUT2D eigenvalue weighted by Gasteiger charge is 2.60. The van der Waals surface area contributed by atoms with Crippen LogP contribution in [0.1, 0.15) is 69.9 Å². The summed E-state index contributed by atoms with van der Waals surface area (Å²) in [5, 5.41) is 0. The zero-order valence-corrected chi connectivity index (χ0v) is 19.0. The first-order chi connectivity index (χ1) is 14.4. The number of benzene rings is 1. The molecule has 1 heterocycles. The fourth-order valence-corrected chi connectivity index (χ4v) is 8.26. The molecule has 3 fully saturated rings. The van der Waals surface area contributed by atoms with Crippen LogP contribution < -0.4 is 0 Å². The van der Waals surface area contributed by atoms with Crippen molar-refractivity contribution in [1.29, 1.82) is 0 Å². The van der Waals surface area contributed by atoms with Crippen LogP contribution in [0.2, 0.25) is 0 Å². The van der Waals surface area contributed by atoms with Crippen molar-refractivity contribution >= 4 is 11.5 Å². The summed E-state index contributed by atoms with van der Waals surface area (Å²) in [6, 6.07) is 9.11. The van der Waals surface area contributed by atoms with E-state index in [0.717, 1.165) is 18.3 Å². The zero-order chi connectivity index (χ0) is 21.1. The largest absolute Gasteiger partial charge is 0.332 e. The van der Waals surface area contributed by atoms with E-state index in [1.54, 1.807) is 0 Å². The van der Waals surface area contributed by atoms with E-state index in [-0.39, 0.29) is 17.4 Å². The van der Waals surface area contributed by atoms with Crippen molar-refractivity contribution in [3.05, 3.63) is 54.1 Å². The monoisotopic (exact) mass is 403 g/mol. The maximum Gasteiger partial charge on any atom is 0.247 e. The minimum atomic E-state index is 0.0253. The van der Waals surface area contributed by atoms with Gasteiger partial charge in [-0.1, -0.05) is 56.2 Å². The average Bonchev–Trinajstić information content (AvgIpc) is 3.12. The van der Waals surface area contributed by atoms with Gasteiger partial charge in [0.2, 0.25) is 5.91 Å². The van der Waals surface area contributed by atoms with Crippen molar-refractivity contribution in [3.63, 3.8) is 0 Å². The fraction of sp³-hybridized carbons (Fsp3) is 0.607. The predicted octanol–water partition coefficient (Wildman–Crippen LogP) is 6.41. The molecule has 1 aliphatic heterocycles. The minimum absolute atomic E-state index is 0.0253. The van der Waals surface area contributed by atoms with Crippen molar-refractivity contribution in [3.8, 4) is 0 Å². The van der Waals surface area contributed by atoms with Gasteiger partial charge in [-0.2, -0.15) is 0 Å². The molecule has 3 saturated carbocycles. The molecular weight excluding hydrogens is 366 g/mol. The summed E-state index contributed by atoms with van der Waals surface area (Å²) in [7, 11) is 0. The van der Waals surface area contributed by atoms with E-state index >= 15 is 0 Å². The summed E-state index contributed by atoms with van der Waals surface area (Å²) in [4.78, 5) is 15.4. The molecule has 1 aromatic rings. The molecule has 5 rings (SSSR count). The SMILES string of the molecule is C=CCN1C(=O)C=C(c2cccc(C)c2)[C@@]2(C)C1CC[C@@H]1[C@H]2CC[C@]2(C)CCC[C@@H]12. The molecule has 0 bridgehead atoms. The van der Waals surface area contributed by atoms with Crippen LogP contribution >= 0.6 is 0 Å². The lowest BCUT2D eigenvalue weighted by atomic mass is 9.46. The Morgan fingerprint density at radius 3 is 2.73 bits per heavy atom. The Balaban J connectivity index is 1.63. The molecule has 3 aliphatic carbocycles. The third-order valence-electron chi connectivity index (χ3n) is 9.62. The lowest BCUT2D eigenvalue weighted by Gasteiger charge is -2.62. The standard InChI is InChI=1S/C28H37NO/c1-5-16-29-25-12-11-21-22-10-7-14-27(22,3)15-13-23(21)28(25,4)24(18-26(29)30)20-9-6-8-19(2)17-20/h5-6,8-9,17-18,21-23,25H,1,7,10-16H2,2-4H3/t21-,22-,23+,25?,27-,28-/m0/s1. The molecule has 2 nitrogen and oxygen atoms in total. The highest BCUT2D eigenvalue weighted by molar-refractivity contribution is 5.99. The summed E-state index contributed by atoms with van der Waals surface area (Å²) in [5.74, 6) is 2.52. The van der Waals surface area contributed by atoms with E-state index in [0.29, 0.717) is 17.9 Å². The molecule has 0 spiro atoms. The average molecular weight is 404 g/mol. The first-order valence-electron chi connectivity index (χ1n) is 12.1. The molecular formula is C28H37NO. The van der Waals surface area contributed by atoms with Crippen LogP contribution in [0, 0.1) is 35.5 Å². The molecule has 0 aromatic heterocycles. The second kappa shape index (κ2) is 7.11. The number of hydrogen-bond donors (Lipinski definition) is 0. The van der Waals surface area contributed by atoms with E-state index < -0.39 is 0 Å². The zero-order valence-electron chi connectivity index (χ0n) is 19.0. The number of hydrogen-bond acceptors (Lipinski definition) is 1. The molecule has 2 heteroatoms. The molecule has 160 valence electrons. The van der Waals surface area contributed by atoms with Crippen LogP contribution in [0.3, 0.4) is 0 Å². The van der Waals surface area contributed by atoms with E-state index in [2.05, 4.69) is 56.5 Å². The number of amides is 1. The summed E-state index contributed by atoms with van der Waals surface area (Å²) >= 11 is 0. The molecule has 6 atom stereocenters. The number of nitrogens with zero attached hydrogens (tertiary/aromatic N) is 1. The highest BCUT2D eigenvalue weighted by atomic mass is 16.2. The molecule has 1 amide bonds. The number of rotatable bonds is 3. The van der Waals surface area contributed by atoms with Gasteiger partial charge < -0.3 is 4.90 Å². The van der Waals surface area contributed by atoms with Gasteiger partial charge in [-0.05, 0) is 79.8 Å². The minimum Gasteiger partial charge on any atom is -0.332 e. The van der Waals surface area contributed by atoms with Crippen LogP contribution in [0.5, 0.6) is 0 Å². The van der Waals surface area contributed by atoms with Gasteiger partial charge in [0.25, 0.3) is 0 Å². The predicted molar refractivity (Wildman–Crippen MR) is 124 cm³/mol. The van der Waals surface area contributed by atoms with Crippen LogP contribution in [0.25, 0.3) is 5.57 Å². The van der Waals surface area contributed by atoms with Gasteiger partial charge in [0.15, 0.2) is 0 Å². The smallest absolute Gasteiger partial charge is 0.247 e. The molecule has 0 saturated heterocycles. The van der Waals surface area contributed by atoms with Crippen molar-refractivity contribution in [1.82, 2.24) is 4.90 Å². The van der Waals surface area contributed by atoms with Gasteiger partial charge >= 0.3 is 0 Å². The Kier molecular flexibility index (Phi) is 4.76. The molecule has 30 heavy (non-hydrogen) atoms. The van der Waals surface area contributed by atoms with Crippen LogP contribution in [0.15, 0.2) is 43.0 Å². The summed E-state index contributed by atoms with van der Waals surface area (Å²) < 4.78 is 0. The van der Waals surface area contributed by atoms with Crippen LogP contribution in [0.4, 0.5) is 0 Å². The highest BCUT2D eigenvalue weighted by Crippen LogP contribution is 2.66. The topological polar surface area (TPSA) is 20.3 Å². The van der Waals surface area contributed by atoms with Crippen molar-refractivity contribution < 1.29 is 4.79 Å². The third kappa shape index (κ3) is 2.78. The molecule has 0 N–H and O–H groups in total. The van der Waals surface area contributed by atoms with Gasteiger partial charge in [0, 0.05) is 24.1 Å². The third-order valence-corrected chi connectivity index (χ3v) is 9.62. The van der Waals surface area contributed by atoms with Gasteiger partial charge in [-0.15, -0.1) is 6.58 Å². The van der Waals surface area contributed by atoms with Crippen LogP contribution in [-0.4, -0.2) is 23.4 Å². The second-order valence-electron chi connectivity index (χ2n) is 11.0. The van der Waals surface area contributed by atoms with Crippen molar-refractivity contribution in [2.24, 2.45) is 28.6 Å². The van der Waals surface area contributed by atoms with Gasteiger partial charge in [0.05, 0.1) is 0 Å². The molecule has 1 unspecified atom stereocenters. The van der Waals surface area contributed by atoms with E-state index in [9.17, 15) is 4.79 Å². The Morgan fingerprint density at radius 1 is 1.13 bits per heavy atom. The number of carbonyl (C=O) groups is 1. The molecule has 0 radical (unpaired) electrons. The van der Waals surface area contributed by atoms with E-state index in [1.807, 2.05) is 12.2 Å². The van der Waals surface area contributed by atoms with Crippen molar-refractivity contribution in [2.45, 2.75) is 71.8 Å². The Labute approximate surface area is 182 Å². The second-order valence-corrected chi connectivity index (χ2v) is 11.0. The van der Waals surface area contributed by atoms with Gasteiger partial charge in [-0.25, -0.2) is 0 Å². The molecule has 4 aliphatic rings. The summed E-state index contributed by atoms with van der Waals surface area (Å²) in [6.45, 7) is 11.9. The van der Waals surface area contributed by atoms with Crippen LogP contribution in [-0.2, 0) is 4.79 Å². The maximum atomic E-state index is 13.2. The first-order valence-corrected chi connectivity index (χ1v) is 12.1. The summed E-state index contributed by atoms with van der Waals surface area (Å²) in [5.41, 5.74) is 4.42. The Morgan fingerprint density at radius 2 is 1.97 bits per heavy atom. The van der Waals surface area contributed by atoms with E-state index in [4.69, 9.17) is 0 Å². The Bertz CT molecular complexity index is 900. The molecule has 1 aromatic carbocycles.